The predicted octanol–water partition coefficient (Wildman–Crippen LogP) is 4.89. The minimum absolute atomic E-state index is 0.246. The Bertz CT molecular complexity index is 576. The highest BCUT2D eigenvalue weighted by atomic mass is 35.5. The van der Waals surface area contributed by atoms with Gasteiger partial charge in [0.05, 0.1) is 0 Å². The van der Waals surface area contributed by atoms with E-state index in [1.165, 1.54) is 16.8 Å². The summed E-state index contributed by atoms with van der Waals surface area (Å²) in [5.74, 6) is 0. The Balaban J connectivity index is 2.15. The number of halogens is 1. The van der Waals surface area contributed by atoms with Crippen molar-refractivity contribution in [3.63, 3.8) is 0 Å². The Kier molecular flexibility index (Phi) is 4.56. The third-order valence-electron chi connectivity index (χ3n) is 3.47. The van der Waals surface area contributed by atoms with Crippen LogP contribution in [0.25, 0.3) is 0 Å². The van der Waals surface area contributed by atoms with Crippen molar-refractivity contribution in [1.29, 1.82) is 0 Å². The summed E-state index contributed by atoms with van der Waals surface area (Å²) in [6, 6.07) is 14.7. The molecule has 20 heavy (non-hydrogen) atoms. The third-order valence-corrected chi connectivity index (χ3v) is 3.72. The number of nitrogens with one attached hydrogen (secondary N) is 1. The molecule has 0 amide bonds. The van der Waals surface area contributed by atoms with E-state index < -0.39 is 0 Å². The fourth-order valence-electron chi connectivity index (χ4n) is 2.16. The number of anilines is 2. The largest absolute Gasteiger partial charge is 0.378 e. The lowest BCUT2D eigenvalue weighted by molar-refractivity contribution is 0.882. The van der Waals surface area contributed by atoms with Crippen molar-refractivity contribution >= 4 is 23.0 Å². The van der Waals surface area contributed by atoms with E-state index in [2.05, 4.69) is 68.5 Å². The number of nitrogens with zero attached hydrogens (tertiary/aromatic N) is 1. The molecule has 0 aromatic heterocycles. The van der Waals surface area contributed by atoms with E-state index in [0.717, 1.165) is 10.7 Å². The van der Waals surface area contributed by atoms with Crippen LogP contribution in [0.2, 0.25) is 5.02 Å². The van der Waals surface area contributed by atoms with Crippen LogP contribution in [0.3, 0.4) is 0 Å². The molecule has 0 saturated carbocycles. The van der Waals surface area contributed by atoms with E-state index in [4.69, 9.17) is 11.6 Å². The molecule has 1 N–H and O–H groups in total. The van der Waals surface area contributed by atoms with Crippen molar-refractivity contribution in [3.05, 3.63) is 58.6 Å². The molecule has 0 bridgehead atoms. The van der Waals surface area contributed by atoms with Crippen LogP contribution < -0.4 is 10.2 Å². The van der Waals surface area contributed by atoms with Gasteiger partial charge in [0.1, 0.15) is 0 Å². The Morgan fingerprint density at radius 1 is 1.05 bits per heavy atom. The second kappa shape index (κ2) is 6.19. The number of benzene rings is 2. The van der Waals surface area contributed by atoms with E-state index >= 15 is 0 Å². The molecule has 106 valence electrons. The second-order valence-electron chi connectivity index (χ2n) is 5.31. The van der Waals surface area contributed by atoms with E-state index in [1.54, 1.807) is 0 Å². The van der Waals surface area contributed by atoms with E-state index in [-0.39, 0.29) is 6.04 Å². The lowest BCUT2D eigenvalue weighted by Crippen LogP contribution is -2.10. The number of aryl methyl sites for hydroxylation is 1. The average molecular weight is 289 g/mol. The first kappa shape index (κ1) is 14.7. The minimum atomic E-state index is 0.246. The molecular weight excluding hydrogens is 268 g/mol. The molecule has 0 aliphatic rings. The van der Waals surface area contributed by atoms with E-state index in [9.17, 15) is 0 Å². The highest BCUT2D eigenvalue weighted by molar-refractivity contribution is 6.30. The van der Waals surface area contributed by atoms with Crippen molar-refractivity contribution < 1.29 is 0 Å². The summed E-state index contributed by atoms with van der Waals surface area (Å²) in [5, 5.41) is 4.32. The Morgan fingerprint density at radius 2 is 1.70 bits per heavy atom. The zero-order valence-electron chi connectivity index (χ0n) is 12.4. The third kappa shape index (κ3) is 3.45. The molecule has 2 aromatic rings. The first-order chi connectivity index (χ1) is 9.47. The second-order valence-corrected chi connectivity index (χ2v) is 5.75. The lowest BCUT2D eigenvalue weighted by Gasteiger charge is -2.20. The standard InChI is InChI=1S/C17H21ClN2/c1-12-11-16(20(3)4)9-10-17(12)19-13(2)14-5-7-15(18)8-6-14/h5-11,13,19H,1-4H3. The van der Waals surface area contributed by atoms with Gasteiger partial charge in [0, 0.05) is 36.5 Å². The topological polar surface area (TPSA) is 15.3 Å². The molecule has 0 aliphatic heterocycles. The van der Waals surface area contributed by atoms with Gasteiger partial charge in [0.2, 0.25) is 0 Å². The molecule has 1 unspecified atom stereocenters. The summed E-state index contributed by atoms with van der Waals surface area (Å²) in [5.41, 5.74) is 4.85. The van der Waals surface area contributed by atoms with Crippen molar-refractivity contribution in [2.75, 3.05) is 24.3 Å². The SMILES string of the molecule is Cc1cc(N(C)C)ccc1NC(C)c1ccc(Cl)cc1. The Morgan fingerprint density at radius 3 is 2.25 bits per heavy atom. The monoisotopic (exact) mass is 288 g/mol. The summed E-state index contributed by atoms with van der Waals surface area (Å²) in [6.07, 6.45) is 0. The maximum Gasteiger partial charge on any atom is 0.0485 e. The zero-order chi connectivity index (χ0) is 14.7. The molecule has 2 rings (SSSR count). The quantitative estimate of drug-likeness (QED) is 0.862. The van der Waals surface area contributed by atoms with Crippen LogP contribution in [0.5, 0.6) is 0 Å². The first-order valence-electron chi connectivity index (χ1n) is 6.77. The molecule has 3 heteroatoms. The van der Waals surface area contributed by atoms with Crippen LogP contribution in [0.4, 0.5) is 11.4 Å². The van der Waals surface area contributed by atoms with Crippen LogP contribution >= 0.6 is 11.6 Å². The number of rotatable bonds is 4. The molecule has 0 heterocycles. The van der Waals surface area contributed by atoms with Crippen LogP contribution in [0, 0.1) is 6.92 Å². The molecule has 0 aliphatic carbocycles. The number of hydrogen-bond donors (Lipinski definition) is 1. The summed E-state index contributed by atoms with van der Waals surface area (Å²) in [7, 11) is 4.11. The fourth-order valence-corrected chi connectivity index (χ4v) is 2.28. The molecule has 2 nitrogen and oxygen atoms in total. The van der Waals surface area contributed by atoms with Crippen molar-refractivity contribution in [3.8, 4) is 0 Å². The van der Waals surface area contributed by atoms with Crippen molar-refractivity contribution in [2.24, 2.45) is 0 Å². The lowest BCUT2D eigenvalue weighted by atomic mass is 10.1. The molecule has 2 aromatic carbocycles. The molecule has 1 atom stereocenters. The van der Waals surface area contributed by atoms with E-state index in [0.29, 0.717) is 0 Å². The molecule has 0 radical (unpaired) electrons. The Labute approximate surface area is 126 Å². The van der Waals surface area contributed by atoms with Gasteiger partial charge in [-0.1, -0.05) is 23.7 Å². The fraction of sp³-hybridized carbons (Fsp3) is 0.294. The maximum absolute atomic E-state index is 5.92. The van der Waals surface area contributed by atoms with Gasteiger partial charge in [0.25, 0.3) is 0 Å². The molecule has 0 spiro atoms. The summed E-state index contributed by atoms with van der Waals surface area (Å²) < 4.78 is 0. The van der Waals surface area contributed by atoms with E-state index in [1.807, 2.05) is 12.1 Å². The molecule has 0 saturated heterocycles. The van der Waals surface area contributed by atoms with Crippen molar-refractivity contribution in [1.82, 2.24) is 0 Å². The van der Waals surface area contributed by atoms with Gasteiger partial charge in [-0.3, -0.25) is 0 Å². The van der Waals surface area contributed by atoms with Crippen molar-refractivity contribution in [2.45, 2.75) is 19.9 Å². The highest BCUT2D eigenvalue weighted by Crippen LogP contribution is 2.26. The smallest absolute Gasteiger partial charge is 0.0485 e. The van der Waals surface area contributed by atoms with Crippen LogP contribution in [-0.4, -0.2) is 14.1 Å². The van der Waals surface area contributed by atoms with Gasteiger partial charge in [-0.25, -0.2) is 0 Å². The minimum Gasteiger partial charge on any atom is -0.378 e. The maximum atomic E-state index is 5.92. The average Bonchev–Trinajstić information content (AvgIpc) is 2.41. The Hall–Kier alpha value is -1.67. The van der Waals surface area contributed by atoms with Gasteiger partial charge in [-0.2, -0.15) is 0 Å². The molecular formula is C17H21ClN2. The van der Waals surface area contributed by atoms with Crippen LogP contribution in [0.1, 0.15) is 24.1 Å². The first-order valence-corrected chi connectivity index (χ1v) is 7.15. The summed E-state index contributed by atoms with van der Waals surface area (Å²) in [4.78, 5) is 2.11. The van der Waals surface area contributed by atoms with Gasteiger partial charge >= 0.3 is 0 Å². The zero-order valence-corrected chi connectivity index (χ0v) is 13.2. The van der Waals surface area contributed by atoms with Crippen LogP contribution in [-0.2, 0) is 0 Å². The van der Waals surface area contributed by atoms with Gasteiger partial charge in [-0.15, -0.1) is 0 Å². The van der Waals surface area contributed by atoms with Gasteiger partial charge in [-0.05, 0) is 55.3 Å². The molecule has 0 fully saturated rings. The highest BCUT2D eigenvalue weighted by Gasteiger charge is 2.07. The predicted molar refractivity (Wildman–Crippen MR) is 89.0 cm³/mol. The van der Waals surface area contributed by atoms with Gasteiger partial charge < -0.3 is 10.2 Å². The van der Waals surface area contributed by atoms with Crippen LogP contribution in [0.15, 0.2) is 42.5 Å². The normalized spacial score (nSPS) is 12.1. The van der Waals surface area contributed by atoms with Gasteiger partial charge in [0.15, 0.2) is 0 Å². The summed E-state index contributed by atoms with van der Waals surface area (Å²) >= 11 is 5.92. The number of hydrogen-bond acceptors (Lipinski definition) is 2. The summed E-state index contributed by atoms with van der Waals surface area (Å²) in [6.45, 7) is 4.28.